The van der Waals surface area contributed by atoms with E-state index >= 15 is 4.39 Å². The van der Waals surface area contributed by atoms with E-state index in [-0.39, 0.29) is 24.3 Å². The second-order valence-electron chi connectivity index (χ2n) is 9.91. The van der Waals surface area contributed by atoms with E-state index in [0.717, 1.165) is 6.08 Å². The van der Waals surface area contributed by atoms with Crippen molar-refractivity contribution < 1.29 is 28.6 Å². The molecular formula is C22H26Cl2F2O4. The first kappa shape index (κ1) is 22.4. The minimum absolute atomic E-state index is 0.00724. The Morgan fingerprint density at radius 3 is 2.53 bits per heavy atom. The summed E-state index contributed by atoms with van der Waals surface area (Å²) in [7, 11) is 0. The van der Waals surface area contributed by atoms with Crippen molar-refractivity contribution in [3.63, 3.8) is 0 Å². The molecule has 0 spiro atoms. The number of carbonyl (C=O) groups excluding carboxylic acids is 2. The molecule has 0 unspecified atom stereocenters. The average molecular weight is 463 g/mol. The highest BCUT2D eigenvalue weighted by atomic mass is 35.5. The minimum Gasteiger partial charge on any atom is -0.390 e. The van der Waals surface area contributed by atoms with Crippen LogP contribution in [-0.2, 0) is 9.59 Å². The molecule has 0 saturated heterocycles. The van der Waals surface area contributed by atoms with E-state index in [2.05, 4.69) is 0 Å². The van der Waals surface area contributed by atoms with Crippen molar-refractivity contribution in [3.8, 4) is 0 Å². The number of carbonyl (C=O) groups is 2. The van der Waals surface area contributed by atoms with Crippen LogP contribution in [0, 0.1) is 28.6 Å². The number of hydrogen-bond acceptors (Lipinski definition) is 4. The highest BCUT2D eigenvalue weighted by molar-refractivity contribution is 6.29. The monoisotopic (exact) mass is 462 g/mol. The number of aliphatic hydroxyl groups excluding tert-OH is 1. The van der Waals surface area contributed by atoms with Crippen LogP contribution in [0.3, 0.4) is 0 Å². The van der Waals surface area contributed by atoms with Gasteiger partial charge in [-0.3, -0.25) is 9.59 Å². The Labute approximate surface area is 184 Å². The van der Waals surface area contributed by atoms with Gasteiger partial charge in [0, 0.05) is 22.3 Å². The van der Waals surface area contributed by atoms with Crippen molar-refractivity contribution in [1.82, 2.24) is 0 Å². The second-order valence-corrected chi connectivity index (χ2v) is 10.7. The summed E-state index contributed by atoms with van der Waals surface area (Å²) in [5.74, 6) is -4.67. The number of hydrogen-bond donors (Lipinski definition) is 2. The maximum atomic E-state index is 17.0. The van der Waals surface area contributed by atoms with E-state index in [0.29, 0.717) is 6.42 Å². The van der Waals surface area contributed by atoms with Crippen LogP contribution in [0.25, 0.3) is 0 Å². The first-order chi connectivity index (χ1) is 13.8. The van der Waals surface area contributed by atoms with Gasteiger partial charge < -0.3 is 10.2 Å². The summed E-state index contributed by atoms with van der Waals surface area (Å²) in [5.41, 5.74) is -6.96. The van der Waals surface area contributed by atoms with Crippen molar-refractivity contribution in [1.29, 1.82) is 0 Å². The van der Waals surface area contributed by atoms with E-state index in [9.17, 15) is 24.2 Å². The molecule has 2 N–H and O–H groups in total. The maximum Gasteiger partial charge on any atom is 0.213 e. The third-order valence-electron chi connectivity index (χ3n) is 8.83. The second kappa shape index (κ2) is 6.60. The molecule has 0 aromatic rings. The zero-order valence-electron chi connectivity index (χ0n) is 17.1. The quantitative estimate of drug-likeness (QED) is 0.614. The zero-order valence-corrected chi connectivity index (χ0v) is 18.6. The van der Waals surface area contributed by atoms with Gasteiger partial charge in [-0.05, 0) is 44.1 Å². The van der Waals surface area contributed by atoms with Gasteiger partial charge in [-0.1, -0.05) is 19.9 Å². The van der Waals surface area contributed by atoms with Gasteiger partial charge in [0.1, 0.15) is 5.60 Å². The van der Waals surface area contributed by atoms with E-state index in [1.165, 1.54) is 13.0 Å². The van der Waals surface area contributed by atoms with Crippen molar-refractivity contribution >= 4 is 34.8 Å². The standard InChI is InChI=1S/C22H26Cl2F2O4/c1-10-6-11-12-7-13(24)17-18(25)14(27)4-5-19(17,2)21(12,26)15(28)8-20(11,3)22(10,30)16(29)9-23/h4-5,10-13,15,28,30H,6-9H2,1-3H3/t10-,11+,12+,13+,15+,19+,20+,21+,22+/m1/s1. The Kier molecular flexibility index (Phi) is 4.92. The Balaban J connectivity index is 1.89. The van der Waals surface area contributed by atoms with Crippen LogP contribution >= 0.6 is 23.2 Å². The highest BCUT2D eigenvalue weighted by Gasteiger charge is 2.76. The number of Topliss-reactive ketones (excluding diaryl/α,β-unsaturated/α-hetero) is 1. The molecule has 0 bridgehead atoms. The number of fused-ring (bicyclic) bond motifs is 5. The van der Waals surface area contributed by atoms with Crippen LogP contribution in [0.5, 0.6) is 0 Å². The number of rotatable bonds is 2. The fraction of sp³-hybridized carbons (Fsp3) is 0.727. The smallest absolute Gasteiger partial charge is 0.213 e. The van der Waals surface area contributed by atoms with E-state index in [4.69, 9.17) is 23.2 Å². The van der Waals surface area contributed by atoms with Gasteiger partial charge in [-0.15, -0.1) is 23.2 Å². The lowest BCUT2D eigenvalue weighted by Crippen LogP contribution is -2.70. The van der Waals surface area contributed by atoms with Gasteiger partial charge in [-0.25, -0.2) is 8.78 Å². The SMILES string of the molecule is C[C@@H]1C[C@H]2[C@@H]3C[C@H](Cl)C4=C(F)C(=O)C=C[C@]4(C)[C@@]3(F)[C@@H](O)C[C@]2(C)[C@@]1(O)C(=O)CCl. The molecule has 3 fully saturated rings. The number of halogens is 4. The minimum atomic E-state index is -2.30. The molecule has 4 nitrogen and oxygen atoms in total. The lowest BCUT2D eigenvalue weighted by molar-refractivity contribution is -0.218. The van der Waals surface area contributed by atoms with Gasteiger partial charge >= 0.3 is 0 Å². The molecule has 0 aromatic heterocycles. The summed E-state index contributed by atoms with van der Waals surface area (Å²) in [4.78, 5) is 24.6. The van der Waals surface area contributed by atoms with Gasteiger partial charge in [0.05, 0.1) is 17.4 Å². The molecular weight excluding hydrogens is 437 g/mol. The molecule has 0 amide bonds. The predicted octanol–water partition coefficient (Wildman–Crippen LogP) is 3.66. The number of aliphatic hydroxyl groups is 2. The van der Waals surface area contributed by atoms with Gasteiger partial charge in [0.2, 0.25) is 5.78 Å². The summed E-state index contributed by atoms with van der Waals surface area (Å²) >= 11 is 12.3. The van der Waals surface area contributed by atoms with Gasteiger partial charge in [0.25, 0.3) is 0 Å². The molecule has 8 heteroatoms. The van der Waals surface area contributed by atoms with E-state index < -0.39 is 68.7 Å². The fourth-order valence-corrected chi connectivity index (χ4v) is 8.05. The van der Waals surface area contributed by atoms with Gasteiger partial charge in [-0.2, -0.15) is 0 Å². The van der Waals surface area contributed by atoms with Crippen LogP contribution in [0.2, 0.25) is 0 Å². The lowest BCUT2D eigenvalue weighted by atomic mass is 9.44. The lowest BCUT2D eigenvalue weighted by Gasteiger charge is -2.63. The molecule has 0 aromatic carbocycles. The molecule has 0 radical (unpaired) electrons. The molecule has 4 aliphatic rings. The van der Waals surface area contributed by atoms with Crippen molar-refractivity contribution in [2.45, 2.75) is 62.8 Å². The van der Waals surface area contributed by atoms with Crippen LogP contribution in [0.4, 0.5) is 8.78 Å². The number of ketones is 2. The summed E-state index contributed by atoms with van der Waals surface area (Å²) in [6.07, 6.45) is 0.869. The molecule has 30 heavy (non-hydrogen) atoms. The molecule has 3 saturated carbocycles. The van der Waals surface area contributed by atoms with E-state index in [1.807, 2.05) is 0 Å². The molecule has 9 atom stereocenters. The van der Waals surface area contributed by atoms with Crippen LogP contribution in [-0.4, -0.2) is 50.4 Å². The van der Waals surface area contributed by atoms with E-state index in [1.54, 1.807) is 13.8 Å². The third-order valence-corrected chi connectivity index (χ3v) is 9.47. The average Bonchev–Trinajstić information content (AvgIpc) is 2.88. The van der Waals surface area contributed by atoms with Crippen LogP contribution < -0.4 is 0 Å². The Bertz CT molecular complexity index is 890. The highest BCUT2D eigenvalue weighted by Crippen LogP contribution is 2.71. The van der Waals surface area contributed by atoms with Crippen molar-refractivity contribution in [2.24, 2.45) is 28.6 Å². The fourth-order valence-electron chi connectivity index (χ4n) is 7.33. The largest absolute Gasteiger partial charge is 0.390 e. The van der Waals surface area contributed by atoms with Crippen LogP contribution in [0.15, 0.2) is 23.6 Å². The molecule has 4 aliphatic carbocycles. The topological polar surface area (TPSA) is 74.6 Å². The van der Waals surface area contributed by atoms with Gasteiger partial charge in [0.15, 0.2) is 17.3 Å². The number of allylic oxidation sites excluding steroid dienone is 4. The molecule has 166 valence electrons. The zero-order chi connectivity index (χ0) is 22.4. The summed E-state index contributed by atoms with van der Waals surface area (Å²) in [6.45, 7) is 4.89. The Morgan fingerprint density at radius 2 is 1.93 bits per heavy atom. The molecule has 0 aliphatic heterocycles. The summed E-state index contributed by atoms with van der Waals surface area (Å²) in [6, 6.07) is 0. The summed E-state index contributed by atoms with van der Waals surface area (Å²) < 4.78 is 31.8. The molecule has 4 rings (SSSR count). The first-order valence-electron chi connectivity index (χ1n) is 10.3. The normalized spacial score (nSPS) is 52.7. The predicted molar refractivity (Wildman–Crippen MR) is 109 cm³/mol. The Morgan fingerprint density at radius 1 is 1.30 bits per heavy atom. The first-order valence-corrected chi connectivity index (χ1v) is 11.2. The molecule has 0 heterocycles. The third kappa shape index (κ3) is 2.29. The van der Waals surface area contributed by atoms with Crippen LogP contribution in [0.1, 0.15) is 40.0 Å². The Hall–Kier alpha value is -0.820. The number of alkyl halides is 3. The summed E-state index contributed by atoms with van der Waals surface area (Å²) in [5, 5.41) is 21.7. The maximum absolute atomic E-state index is 17.0. The van der Waals surface area contributed by atoms with Crippen molar-refractivity contribution in [3.05, 3.63) is 23.6 Å². The van der Waals surface area contributed by atoms with Crippen molar-refractivity contribution in [2.75, 3.05) is 5.88 Å².